The molecule has 2 heteroatoms. The van der Waals surface area contributed by atoms with Gasteiger partial charge < -0.3 is 4.42 Å². The van der Waals surface area contributed by atoms with Gasteiger partial charge in [0, 0.05) is 21.7 Å². The number of hydrogen-bond acceptors (Lipinski definition) is 2. The van der Waals surface area contributed by atoms with Crippen LogP contribution >= 0.6 is 11.3 Å². The van der Waals surface area contributed by atoms with Crippen molar-refractivity contribution in [1.29, 1.82) is 0 Å². The van der Waals surface area contributed by atoms with E-state index in [0.717, 1.165) is 21.9 Å². The van der Waals surface area contributed by atoms with Gasteiger partial charge >= 0.3 is 0 Å². The summed E-state index contributed by atoms with van der Waals surface area (Å²) in [5.41, 5.74) is 9.38. The first kappa shape index (κ1) is 23.5. The molecule has 0 N–H and O–H groups in total. The molecule has 42 heavy (non-hydrogen) atoms. The smallest absolute Gasteiger partial charge is 0.153 e. The summed E-state index contributed by atoms with van der Waals surface area (Å²) >= 11 is 1.76. The zero-order valence-corrected chi connectivity index (χ0v) is 23.5. The Morgan fingerprint density at radius 1 is 0.405 bits per heavy atom. The summed E-state index contributed by atoms with van der Waals surface area (Å²) < 4.78 is 7.77. The summed E-state index contributed by atoms with van der Waals surface area (Å²) in [7, 11) is 0. The normalized spacial score (nSPS) is 11.8. The van der Waals surface area contributed by atoms with E-state index in [1.54, 1.807) is 11.3 Å². The molecule has 0 saturated heterocycles. The van der Waals surface area contributed by atoms with Crippen LogP contribution in [0.3, 0.4) is 0 Å². The van der Waals surface area contributed by atoms with Crippen LogP contribution in [-0.4, -0.2) is 0 Å². The fourth-order valence-electron chi connectivity index (χ4n) is 6.68. The Morgan fingerprint density at radius 3 is 1.60 bits per heavy atom. The summed E-state index contributed by atoms with van der Waals surface area (Å²) in [5, 5.41) is 10.9. The van der Waals surface area contributed by atoms with E-state index in [-0.39, 0.29) is 0 Å². The Bertz CT molecular complexity index is 2390. The molecular formula is C40H24OS. The third-order valence-corrected chi connectivity index (χ3v) is 9.54. The first-order chi connectivity index (χ1) is 20.8. The van der Waals surface area contributed by atoms with Crippen LogP contribution in [-0.2, 0) is 0 Å². The molecule has 0 bridgehead atoms. The van der Waals surface area contributed by atoms with Crippen molar-refractivity contribution in [1.82, 2.24) is 0 Å². The number of furan rings is 1. The molecule has 2 aromatic heterocycles. The van der Waals surface area contributed by atoms with Gasteiger partial charge in [-0.25, -0.2) is 0 Å². The Labute approximate surface area is 246 Å². The van der Waals surface area contributed by atoms with Crippen molar-refractivity contribution in [3.8, 4) is 33.4 Å². The van der Waals surface area contributed by atoms with Gasteiger partial charge in [0.2, 0.25) is 0 Å². The summed E-state index contributed by atoms with van der Waals surface area (Å²) in [6.07, 6.45) is 0. The first-order valence-corrected chi connectivity index (χ1v) is 15.1. The highest BCUT2D eigenvalue weighted by Crippen LogP contribution is 2.46. The molecule has 0 fully saturated rings. The molecule has 0 unspecified atom stereocenters. The van der Waals surface area contributed by atoms with Gasteiger partial charge in [0.05, 0.1) is 4.70 Å². The SMILES string of the molecule is c1ccc(-c2c3ccccc3c(-c3ccc4oc5c(ccc6c(-c7ccccc7)csc65)c4c3)c3ccccc23)cc1. The van der Waals surface area contributed by atoms with E-state index >= 15 is 0 Å². The van der Waals surface area contributed by atoms with E-state index in [2.05, 4.69) is 145 Å². The maximum absolute atomic E-state index is 6.57. The van der Waals surface area contributed by atoms with Gasteiger partial charge in [-0.2, -0.15) is 0 Å². The quantitative estimate of drug-likeness (QED) is 0.199. The van der Waals surface area contributed by atoms with Crippen molar-refractivity contribution >= 4 is 64.9 Å². The molecule has 0 spiro atoms. The molecule has 0 amide bonds. The zero-order valence-electron chi connectivity index (χ0n) is 22.7. The third kappa shape index (κ3) is 3.43. The summed E-state index contributed by atoms with van der Waals surface area (Å²) in [4.78, 5) is 0. The van der Waals surface area contributed by atoms with Crippen LogP contribution in [0.2, 0.25) is 0 Å². The van der Waals surface area contributed by atoms with Crippen molar-refractivity contribution in [3.05, 3.63) is 145 Å². The van der Waals surface area contributed by atoms with Crippen molar-refractivity contribution in [3.63, 3.8) is 0 Å². The van der Waals surface area contributed by atoms with Gasteiger partial charge in [0.1, 0.15) is 5.58 Å². The molecule has 0 atom stereocenters. The third-order valence-electron chi connectivity index (χ3n) is 8.55. The number of thiophene rings is 1. The monoisotopic (exact) mass is 552 g/mol. The fourth-order valence-corrected chi connectivity index (χ4v) is 7.74. The van der Waals surface area contributed by atoms with Crippen molar-refractivity contribution in [2.45, 2.75) is 0 Å². The predicted octanol–water partition coefficient (Wildman–Crippen LogP) is 12.1. The van der Waals surface area contributed by atoms with Gasteiger partial charge in [0.25, 0.3) is 0 Å². The minimum atomic E-state index is 0.922. The Morgan fingerprint density at radius 2 is 0.952 bits per heavy atom. The van der Waals surface area contributed by atoms with E-state index in [1.165, 1.54) is 65.0 Å². The topological polar surface area (TPSA) is 13.1 Å². The lowest BCUT2D eigenvalue weighted by atomic mass is 9.86. The molecule has 1 nitrogen and oxygen atoms in total. The summed E-state index contributed by atoms with van der Waals surface area (Å²) in [5.74, 6) is 0. The Hall–Kier alpha value is -5.18. The molecule has 0 aliphatic rings. The maximum atomic E-state index is 6.57. The molecule has 196 valence electrons. The standard InChI is InChI=1S/C40H24OS/c1-3-11-25(12-4-1)35-24-42-40-33(35)21-20-32-34-23-27(19-22-36(34)41-39(32)40)38-30-17-9-7-15-28(30)37(26-13-5-2-6-14-26)29-16-8-10-18-31(29)38/h1-24H. The van der Waals surface area contributed by atoms with Gasteiger partial charge in [0.15, 0.2) is 5.58 Å². The number of hydrogen-bond donors (Lipinski definition) is 0. The minimum Gasteiger partial charge on any atom is -0.455 e. The van der Waals surface area contributed by atoms with Crippen LogP contribution in [0.15, 0.2) is 149 Å². The first-order valence-electron chi connectivity index (χ1n) is 14.3. The van der Waals surface area contributed by atoms with Crippen LogP contribution in [0.5, 0.6) is 0 Å². The maximum Gasteiger partial charge on any atom is 0.153 e. The lowest BCUT2D eigenvalue weighted by molar-refractivity contribution is 0.673. The van der Waals surface area contributed by atoms with E-state index in [1.807, 2.05) is 0 Å². The second-order valence-corrected chi connectivity index (χ2v) is 11.7. The van der Waals surface area contributed by atoms with Crippen molar-refractivity contribution in [2.24, 2.45) is 0 Å². The summed E-state index contributed by atoms with van der Waals surface area (Å²) in [6.45, 7) is 0. The molecule has 0 aliphatic carbocycles. The number of rotatable bonds is 3. The molecule has 7 aromatic carbocycles. The van der Waals surface area contributed by atoms with Gasteiger partial charge in [-0.05, 0) is 72.9 Å². The van der Waals surface area contributed by atoms with E-state index in [0.29, 0.717) is 0 Å². The van der Waals surface area contributed by atoms with Crippen LogP contribution in [0.4, 0.5) is 0 Å². The van der Waals surface area contributed by atoms with Crippen molar-refractivity contribution < 1.29 is 4.42 Å². The highest BCUT2D eigenvalue weighted by molar-refractivity contribution is 7.18. The van der Waals surface area contributed by atoms with Crippen LogP contribution in [0, 0.1) is 0 Å². The van der Waals surface area contributed by atoms with E-state index < -0.39 is 0 Å². The molecule has 0 aliphatic heterocycles. The minimum absolute atomic E-state index is 0.922. The average Bonchev–Trinajstić information content (AvgIpc) is 3.66. The highest BCUT2D eigenvalue weighted by atomic mass is 32.1. The van der Waals surface area contributed by atoms with Crippen LogP contribution in [0.1, 0.15) is 0 Å². The Balaban J connectivity index is 1.31. The van der Waals surface area contributed by atoms with Crippen LogP contribution < -0.4 is 0 Å². The Kier molecular flexibility index (Phi) is 5.13. The molecule has 0 saturated carbocycles. The second kappa shape index (κ2) is 9.17. The lowest BCUT2D eigenvalue weighted by Gasteiger charge is -2.17. The molecule has 0 radical (unpaired) electrons. The molecule has 2 heterocycles. The summed E-state index contributed by atoms with van der Waals surface area (Å²) in [6, 6.07) is 50.2. The molecule has 9 rings (SSSR count). The molecular weight excluding hydrogens is 529 g/mol. The predicted molar refractivity (Wildman–Crippen MR) is 180 cm³/mol. The fraction of sp³-hybridized carbons (Fsp3) is 0. The zero-order chi connectivity index (χ0) is 27.6. The van der Waals surface area contributed by atoms with Crippen molar-refractivity contribution in [2.75, 3.05) is 0 Å². The second-order valence-electron chi connectivity index (χ2n) is 10.9. The average molecular weight is 553 g/mol. The lowest BCUT2D eigenvalue weighted by Crippen LogP contribution is -1.90. The largest absolute Gasteiger partial charge is 0.455 e. The van der Waals surface area contributed by atoms with E-state index in [4.69, 9.17) is 4.42 Å². The van der Waals surface area contributed by atoms with Gasteiger partial charge in [-0.3, -0.25) is 0 Å². The number of benzene rings is 7. The van der Waals surface area contributed by atoms with E-state index in [9.17, 15) is 0 Å². The molecule has 9 aromatic rings. The van der Waals surface area contributed by atoms with Crippen LogP contribution in [0.25, 0.3) is 87.0 Å². The highest BCUT2D eigenvalue weighted by Gasteiger charge is 2.19. The number of fused-ring (bicyclic) bond motifs is 7. The van der Waals surface area contributed by atoms with Gasteiger partial charge in [-0.15, -0.1) is 11.3 Å². The van der Waals surface area contributed by atoms with Gasteiger partial charge in [-0.1, -0.05) is 121 Å².